The number of fused-ring (bicyclic) bond motifs is 1. The lowest BCUT2D eigenvalue weighted by Crippen LogP contribution is -2.35. The molecule has 1 aromatic carbocycles. The number of rotatable bonds is 5. The summed E-state index contributed by atoms with van der Waals surface area (Å²) in [6.45, 7) is 22.8. The Morgan fingerprint density at radius 2 is 1.60 bits per heavy atom. The van der Waals surface area contributed by atoms with E-state index >= 15 is 0 Å². The van der Waals surface area contributed by atoms with Gasteiger partial charge in [-0.15, -0.1) is 0 Å². The molecule has 2 aliphatic carbocycles. The van der Waals surface area contributed by atoms with Crippen LogP contribution in [0.15, 0.2) is 17.2 Å². The van der Waals surface area contributed by atoms with Gasteiger partial charge in [-0.2, -0.15) is 0 Å². The molecule has 1 aromatic rings. The largest absolute Gasteiger partial charge is 0.294 e. The zero-order chi connectivity index (χ0) is 26.8. The fourth-order valence-corrected chi connectivity index (χ4v) is 5.92. The van der Waals surface area contributed by atoms with Crippen LogP contribution in [0.3, 0.4) is 0 Å². The molecular formula is C32H48O3. The summed E-state index contributed by atoms with van der Waals surface area (Å²) in [5.74, 6) is 0.943. The monoisotopic (exact) mass is 480 g/mol. The predicted octanol–water partition coefficient (Wildman–Crippen LogP) is 8.14. The molecule has 35 heavy (non-hydrogen) atoms. The van der Waals surface area contributed by atoms with Crippen molar-refractivity contribution in [1.29, 1.82) is 0 Å². The van der Waals surface area contributed by atoms with Crippen LogP contribution in [0.25, 0.3) is 0 Å². The van der Waals surface area contributed by atoms with E-state index in [1.54, 1.807) is 0 Å². The zero-order valence-electron chi connectivity index (χ0n) is 24.1. The molecule has 0 aliphatic heterocycles. The molecule has 0 heterocycles. The first-order valence-electron chi connectivity index (χ1n) is 13.5. The standard InChI is InChI=1S/C27H36O3.C5H12/c1-8-21-20(9-16(5)25(18(7)28)27(21)30)11-19-12-23-22(14(2)3)10-15(4)17(6)26(23)24(29)13-19;1-5(2,3)4/h10,14,19-21H,8-9,11-13H2,1-7H3;1-4H3. The lowest BCUT2D eigenvalue weighted by molar-refractivity contribution is -0.125. The lowest BCUT2D eigenvalue weighted by atomic mass is 9.67. The highest BCUT2D eigenvalue weighted by Gasteiger charge is 2.39. The molecule has 3 unspecified atom stereocenters. The van der Waals surface area contributed by atoms with Gasteiger partial charge in [0.15, 0.2) is 17.3 Å². The Kier molecular flexibility index (Phi) is 9.47. The Balaban J connectivity index is 0.000000784. The Morgan fingerprint density at radius 3 is 2.09 bits per heavy atom. The number of allylic oxidation sites excluding steroid dienone is 2. The van der Waals surface area contributed by atoms with E-state index in [0.29, 0.717) is 23.3 Å². The molecular weight excluding hydrogens is 432 g/mol. The molecule has 0 bridgehead atoms. The minimum absolute atomic E-state index is 0.0237. The first kappa shape index (κ1) is 29.2. The maximum Gasteiger partial charge on any atom is 0.169 e. The summed E-state index contributed by atoms with van der Waals surface area (Å²) in [6, 6.07) is 2.26. The zero-order valence-corrected chi connectivity index (χ0v) is 24.1. The van der Waals surface area contributed by atoms with Crippen molar-refractivity contribution in [3.05, 3.63) is 45.0 Å². The van der Waals surface area contributed by atoms with Crippen LogP contribution in [0.2, 0.25) is 0 Å². The van der Waals surface area contributed by atoms with Crippen LogP contribution in [0.5, 0.6) is 0 Å². The van der Waals surface area contributed by atoms with Gasteiger partial charge in [-0.05, 0) is 98.8 Å². The Labute approximate surface area is 214 Å². The third kappa shape index (κ3) is 7.02. The van der Waals surface area contributed by atoms with Gasteiger partial charge in [0.25, 0.3) is 0 Å². The van der Waals surface area contributed by atoms with Crippen molar-refractivity contribution in [3.63, 3.8) is 0 Å². The van der Waals surface area contributed by atoms with Gasteiger partial charge in [-0.3, -0.25) is 14.4 Å². The average molecular weight is 481 g/mol. The second kappa shape index (κ2) is 11.4. The van der Waals surface area contributed by atoms with E-state index in [1.165, 1.54) is 23.6 Å². The molecule has 0 radical (unpaired) electrons. The number of carbonyl (C=O) groups is 3. The molecule has 0 fully saturated rings. The minimum atomic E-state index is -0.108. The second-order valence-corrected chi connectivity index (χ2v) is 12.9. The Bertz CT molecular complexity index is 1010. The Hall–Kier alpha value is -2.03. The summed E-state index contributed by atoms with van der Waals surface area (Å²) in [5.41, 5.74) is 7.67. The van der Waals surface area contributed by atoms with Gasteiger partial charge < -0.3 is 0 Å². The summed E-state index contributed by atoms with van der Waals surface area (Å²) >= 11 is 0. The number of carbonyl (C=O) groups excluding carboxylic acids is 3. The average Bonchev–Trinajstić information content (AvgIpc) is 2.68. The van der Waals surface area contributed by atoms with Gasteiger partial charge in [0, 0.05) is 17.9 Å². The van der Waals surface area contributed by atoms with E-state index in [9.17, 15) is 14.4 Å². The van der Waals surface area contributed by atoms with Crippen molar-refractivity contribution in [2.45, 2.75) is 114 Å². The lowest BCUT2D eigenvalue weighted by Gasteiger charge is -2.36. The first-order chi connectivity index (χ1) is 16.1. The van der Waals surface area contributed by atoms with Crippen LogP contribution < -0.4 is 0 Å². The summed E-state index contributed by atoms with van der Waals surface area (Å²) in [5, 5.41) is 0. The van der Waals surface area contributed by atoms with E-state index in [2.05, 4.69) is 61.5 Å². The van der Waals surface area contributed by atoms with Gasteiger partial charge in [0.2, 0.25) is 0 Å². The highest BCUT2D eigenvalue weighted by atomic mass is 16.1. The van der Waals surface area contributed by atoms with E-state index in [4.69, 9.17) is 0 Å². The molecule has 0 amide bonds. The first-order valence-corrected chi connectivity index (χ1v) is 13.5. The van der Waals surface area contributed by atoms with Gasteiger partial charge >= 0.3 is 0 Å². The molecule has 2 aliphatic rings. The smallest absolute Gasteiger partial charge is 0.169 e. The van der Waals surface area contributed by atoms with E-state index in [1.807, 2.05) is 13.8 Å². The van der Waals surface area contributed by atoms with Crippen molar-refractivity contribution < 1.29 is 14.4 Å². The van der Waals surface area contributed by atoms with E-state index in [-0.39, 0.29) is 35.1 Å². The van der Waals surface area contributed by atoms with Crippen LogP contribution in [0.1, 0.15) is 127 Å². The molecule has 0 spiro atoms. The van der Waals surface area contributed by atoms with Crippen LogP contribution in [-0.2, 0) is 16.0 Å². The van der Waals surface area contributed by atoms with Crippen LogP contribution in [-0.4, -0.2) is 17.3 Å². The molecule has 0 N–H and O–H groups in total. The van der Waals surface area contributed by atoms with Crippen molar-refractivity contribution >= 4 is 17.3 Å². The Morgan fingerprint density at radius 1 is 1.03 bits per heavy atom. The predicted molar refractivity (Wildman–Crippen MR) is 146 cm³/mol. The SMILES string of the molecule is CC(C)(C)C.CCC1C(=O)C(C(C)=O)=C(C)CC1CC1CC(=O)c2c(C)c(C)cc(C(C)C)c2C1. The number of ketones is 3. The summed E-state index contributed by atoms with van der Waals surface area (Å²) in [4.78, 5) is 38.2. The fraction of sp³-hybridized carbons (Fsp3) is 0.656. The molecule has 194 valence electrons. The highest BCUT2D eigenvalue weighted by molar-refractivity contribution is 6.21. The van der Waals surface area contributed by atoms with Crippen LogP contribution in [0, 0.1) is 37.0 Å². The van der Waals surface area contributed by atoms with Gasteiger partial charge in [0.1, 0.15) is 0 Å². The molecule has 3 heteroatoms. The third-order valence-corrected chi connectivity index (χ3v) is 7.43. The summed E-state index contributed by atoms with van der Waals surface area (Å²) < 4.78 is 0. The van der Waals surface area contributed by atoms with E-state index < -0.39 is 0 Å². The molecule has 3 rings (SSSR count). The van der Waals surface area contributed by atoms with Gasteiger partial charge in [-0.25, -0.2) is 0 Å². The summed E-state index contributed by atoms with van der Waals surface area (Å²) in [6.07, 6.45) is 3.90. The molecule has 0 aromatic heterocycles. The quantitative estimate of drug-likeness (QED) is 0.400. The second-order valence-electron chi connectivity index (χ2n) is 12.9. The maximum atomic E-state index is 13.2. The fourth-order valence-electron chi connectivity index (χ4n) is 5.92. The van der Waals surface area contributed by atoms with Gasteiger partial charge in [0.05, 0.1) is 5.57 Å². The summed E-state index contributed by atoms with van der Waals surface area (Å²) in [7, 11) is 0. The molecule has 3 atom stereocenters. The molecule has 0 saturated carbocycles. The van der Waals surface area contributed by atoms with E-state index in [0.717, 1.165) is 42.4 Å². The van der Waals surface area contributed by atoms with Crippen LogP contribution in [0.4, 0.5) is 0 Å². The number of hydrogen-bond donors (Lipinski definition) is 0. The van der Waals surface area contributed by atoms with Crippen molar-refractivity contribution in [3.8, 4) is 0 Å². The molecule has 0 saturated heterocycles. The van der Waals surface area contributed by atoms with Crippen molar-refractivity contribution in [2.75, 3.05) is 0 Å². The minimum Gasteiger partial charge on any atom is -0.294 e. The normalized spacial score (nSPS) is 22.7. The number of aryl methyl sites for hydroxylation is 1. The highest BCUT2D eigenvalue weighted by Crippen LogP contribution is 2.42. The van der Waals surface area contributed by atoms with Gasteiger partial charge in [-0.1, -0.05) is 60.1 Å². The number of hydrogen-bond acceptors (Lipinski definition) is 3. The maximum absolute atomic E-state index is 13.2. The molecule has 3 nitrogen and oxygen atoms in total. The third-order valence-electron chi connectivity index (χ3n) is 7.43. The van der Waals surface area contributed by atoms with Crippen LogP contribution >= 0.6 is 0 Å². The number of benzene rings is 1. The number of Topliss-reactive ketones (excluding diaryl/α,β-unsaturated/α-hetero) is 3. The van der Waals surface area contributed by atoms with Crippen molar-refractivity contribution in [2.24, 2.45) is 23.2 Å². The van der Waals surface area contributed by atoms with Crippen molar-refractivity contribution in [1.82, 2.24) is 0 Å². The topological polar surface area (TPSA) is 51.2 Å².